The molecule has 0 bridgehead atoms. The van der Waals surface area contributed by atoms with E-state index in [4.69, 9.17) is 10.2 Å². The molecule has 1 unspecified atom stereocenters. The van der Waals surface area contributed by atoms with E-state index in [-0.39, 0.29) is 13.0 Å². The number of aliphatic hydroxyl groups excluding tert-OH is 1. The fraction of sp³-hybridized carbons (Fsp3) is 0.857. The molecule has 1 aliphatic rings. The zero-order valence-corrected chi connectivity index (χ0v) is 6.84. The second kappa shape index (κ2) is 3.84. The van der Waals surface area contributed by atoms with Crippen LogP contribution in [0, 0.1) is 0 Å². The van der Waals surface area contributed by atoms with E-state index in [2.05, 4.69) is 10.6 Å². The number of hydrogen-bond donors (Lipinski definition) is 4. The maximum absolute atomic E-state index is 10.5. The van der Waals surface area contributed by atoms with Crippen LogP contribution in [0.25, 0.3) is 0 Å². The summed E-state index contributed by atoms with van der Waals surface area (Å²) in [5, 5.41) is 23.7. The average molecular weight is 174 g/mol. The van der Waals surface area contributed by atoms with Crippen LogP contribution >= 0.6 is 0 Å². The van der Waals surface area contributed by atoms with E-state index in [1.54, 1.807) is 0 Å². The van der Waals surface area contributed by atoms with Crippen molar-refractivity contribution >= 4 is 5.97 Å². The first-order valence-electron chi connectivity index (χ1n) is 3.97. The lowest BCUT2D eigenvalue weighted by atomic mass is 9.94. The first-order chi connectivity index (χ1) is 5.68. The Bertz CT molecular complexity index is 166. The molecule has 1 fully saturated rings. The Hall–Kier alpha value is -0.650. The van der Waals surface area contributed by atoms with Gasteiger partial charge in [0.2, 0.25) is 0 Å². The highest BCUT2D eigenvalue weighted by molar-refractivity contribution is 5.68. The predicted octanol–water partition coefficient (Wildman–Crippen LogP) is -1.61. The highest BCUT2D eigenvalue weighted by atomic mass is 16.4. The van der Waals surface area contributed by atoms with Gasteiger partial charge >= 0.3 is 5.97 Å². The molecule has 0 aliphatic carbocycles. The molecule has 5 heteroatoms. The summed E-state index contributed by atoms with van der Waals surface area (Å²) in [7, 11) is 0. The van der Waals surface area contributed by atoms with Crippen LogP contribution in [0.1, 0.15) is 6.42 Å². The predicted molar refractivity (Wildman–Crippen MR) is 42.9 cm³/mol. The largest absolute Gasteiger partial charge is 0.481 e. The zero-order valence-electron chi connectivity index (χ0n) is 6.84. The Morgan fingerprint density at radius 3 is 2.67 bits per heavy atom. The molecule has 12 heavy (non-hydrogen) atoms. The summed E-state index contributed by atoms with van der Waals surface area (Å²) in [6.07, 6.45) is -0.0451. The molecule has 0 spiro atoms. The van der Waals surface area contributed by atoms with Crippen LogP contribution in [0.5, 0.6) is 0 Å². The molecular formula is C7H14N2O3. The third-order valence-electron chi connectivity index (χ3n) is 2.06. The smallest absolute Gasteiger partial charge is 0.305 e. The molecular weight excluding hydrogens is 160 g/mol. The summed E-state index contributed by atoms with van der Waals surface area (Å²) in [6.45, 7) is 1.89. The summed E-state index contributed by atoms with van der Waals surface area (Å²) in [5.41, 5.74) is -0.663. The summed E-state index contributed by atoms with van der Waals surface area (Å²) < 4.78 is 0. The molecule has 70 valence electrons. The first kappa shape index (κ1) is 9.44. The lowest BCUT2D eigenvalue weighted by Crippen LogP contribution is -2.62. The Balaban J connectivity index is 2.53. The summed E-state index contributed by atoms with van der Waals surface area (Å²) in [6, 6.07) is 0. The Morgan fingerprint density at radius 2 is 2.25 bits per heavy atom. The monoisotopic (exact) mass is 174 g/mol. The lowest BCUT2D eigenvalue weighted by molar-refractivity contribution is -0.139. The molecule has 4 N–H and O–H groups in total. The van der Waals surface area contributed by atoms with Crippen molar-refractivity contribution in [1.29, 1.82) is 0 Å². The number of carboxylic acids is 1. The normalized spacial score (nSPS) is 30.1. The Kier molecular flexibility index (Phi) is 3.02. The molecule has 0 aromatic heterocycles. The second-order valence-electron chi connectivity index (χ2n) is 3.11. The van der Waals surface area contributed by atoms with Crippen LogP contribution in [-0.4, -0.2) is 48.0 Å². The summed E-state index contributed by atoms with van der Waals surface area (Å²) >= 11 is 0. The van der Waals surface area contributed by atoms with Crippen molar-refractivity contribution in [2.45, 2.75) is 12.0 Å². The van der Waals surface area contributed by atoms with E-state index in [1.165, 1.54) is 0 Å². The van der Waals surface area contributed by atoms with Gasteiger partial charge in [-0.3, -0.25) is 4.79 Å². The van der Waals surface area contributed by atoms with Gasteiger partial charge in [0, 0.05) is 19.6 Å². The van der Waals surface area contributed by atoms with Gasteiger partial charge in [-0.15, -0.1) is 0 Å². The number of hydrogen-bond acceptors (Lipinski definition) is 4. The van der Waals surface area contributed by atoms with Crippen LogP contribution < -0.4 is 10.6 Å². The van der Waals surface area contributed by atoms with E-state index >= 15 is 0 Å². The van der Waals surface area contributed by atoms with Crippen LogP contribution in [0.3, 0.4) is 0 Å². The van der Waals surface area contributed by atoms with Gasteiger partial charge < -0.3 is 20.8 Å². The summed E-state index contributed by atoms with van der Waals surface area (Å²) in [4.78, 5) is 10.5. The number of carbonyl (C=O) groups is 1. The number of carboxylic acid groups (broad SMARTS) is 1. The molecule has 0 radical (unpaired) electrons. The number of aliphatic carboxylic acids is 1. The molecule has 0 amide bonds. The van der Waals surface area contributed by atoms with Gasteiger partial charge in [-0.25, -0.2) is 0 Å². The van der Waals surface area contributed by atoms with E-state index in [0.717, 1.165) is 6.54 Å². The van der Waals surface area contributed by atoms with Crippen molar-refractivity contribution < 1.29 is 15.0 Å². The lowest BCUT2D eigenvalue weighted by Gasteiger charge is -2.35. The molecule has 0 aromatic rings. The minimum atomic E-state index is -0.889. The van der Waals surface area contributed by atoms with Gasteiger partial charge in [-0.1, -0.05) is 0 Å². The van der Waals surface area contributed by atoms with Crippen molar-refractivity contribution in [3.63, 3.8) is 0 Å². The fourth-order valence-electron chi connectivity index (χ4n) is 1.39. The Labute approximate surface area is 70.8 Å². The first-order valence-corrected chi connectivity index (χ1v) is 3.97. The molecule has 1 heterocycles. The van der Waals surface area contributed by atoms with Gasteiger partial charge in [0.25, 0.3) is 0 Å². The maximum Gasteiger partial charge on any atom is 0.305 e. The van der Waals surface area contributed by atoms with E-state index in [9.17, 15) is 4.79 Å². The van der Waals surface area contributed by atoms with Gasteiger partial charge in [-0.05, 0) is 0 Å². The average Bonchev–Trinajstić information content (AvgIpc) is 2.05. The molecule has 0 saturated carbocycles. The Morgan fingerprint density at radius 1 is 1.50 bits per heavy atom. The maximum atomic E-state index is 10.5. The molecule has 1 atom stereocenters. The van der Waals surface area contributed by atoms with Crippen LogP contribution in [0.4, 0.5) is 0 Å². The fourth-order valence-corrected chi connectivity index (χ4v) is 1.39. The third-order valence-corrected chi connectivity index (χ3v) is 2.06. The highest BCUT2D eigenvalue weighted by Gasteiger charge is 2.33. The van der Waals surface area contributed by atoms with Gasteiger partial charge in [-0.2, -0.15) is 0 Å². The topological polar surface area (TPSA) is 81.6 Å². The molecule has 1 aliphatic heterocycles. The summed E-state index contributed by atoms with van der Waals surface area (Å²) in [5.74, 6) is -0.889. The van der Waals surface area contributed by atoms with E-state index in [1.807, 2.05) is 0 Å². The van der Waals surface area contributed by atoms with Gasteiger partial charge in [0.05, 0.1) is 18.6 Å². The number of piperazine rings is 1. The zero-order chi connectivity index (χ0) is 9.03. The van der Waals surface area contributed by atoms with Crippen molar-refractivity contribution in [2.75, 3.05) is 26.2 Å². The van der Waals surface area contributed by atoms with Gasteiger partial charge in [0.1, 0.15) is 0 Å². The minimum Gasteiger partial charge on any atom is -0.481 e. The molecule has 0 aromatic carbocycles. The van der Waals surface area contributed by atoms with Crippen LogP contribution in [-0.2, 0) is 4.79 Å². The number of nitrogens with one attached hydrogen (secondary N) is 2. The number of rotatable bonds is 3. The van der Waals surface area contributed by atoms with Crippen molar-refractivity contribution in [3.05, 3.63) is 0 Å². The minimum absolute atomic E-state index is 0.0451. The van der Waals surface area contributed by atoms with E-state index in [0.29, 0.717) is 13.1 Å². The third kappa shape index (κ3) is 2.17. The second-order valence-corrected chi connectivity index (χ2v) is 3.11. The molecule has 5 nitrogen and oxygen atoms in total. The molecule has 1 rings (SSSR count). The van der Waals surface area contributed by atoms with E-state index < -0.39 is 11.5 Å². The van der Waals surface area contributed by atoms with Crippen LogP contribution in [0.2, 0.25) is 0 Å². The highest BCUT2D eigenvalue weighted by Crippen LogP contribution is 2.10. The van der Waals surface area contributed by atoms with Crippen molar-refractivity contribution in [2.24, 2.45) is 0 Å². The quantitative estimate of drug-likeness (QED) is 0.413. The van der Waals surface area contributed by atoms with Crippen molar-refractivity contribution in [3.8, 4) is 0 Å². The SMILES string of the molecule is O=C(O)CC1(CO)CNCCN1. The van der Waals surface area contributed by atoms with Crippen LogP contribution in [0.15, 0.2) is 0 Å². The van der Waals surface area contributed by atoms with Crippen molar-refractivity contribution in [1.82, 2.24) is 10.6 Å². The molecule has 1 saturated heterocycles. The van der Waals surface area contributed by atoms with Gasteiger partial charge in [0.15, 0.2) is 0 Å². The standard InChI is InChI=1S/C7H14N2O3/c10-5-7(3-6(11)12)4-8-1-2-9-7/h8-10H,1-5H2,(H,11,12). The number of aliphatic hydroxyl groups is 1.